The predicted molar refractivity (Wildman–Crippen MR) is 63.3 cm³/mol. The van der Waals surface area contributed by atoms with Gasteiger partial charge in [0.1, 0.15) is 0 Å². The van der Waals surface area contributed by atoms with E-state index in [-0.39, 0.29) is 18.5 Å². The molecule has 0 amide bonds. The Hall–Kier alpha value is -0.290. The van der Waals surface area contributed by atoms with Crippen molar-refractivity contribution in [1.82, 2.24) is 5.32 Å². The van der Waals surface area contributed by atoms with Gasteiger partial charge >= 0.3 is 6.18 Å². The standard InChI is InChI=1S/C13H22F3NO/c1-18-8-12(9-5-6-9)17-11-4-2-3-10(7-11)13(14,15)16/h9-12,17H,2-8H2,1H3. The van der Waals surface area contributed by atoms with Crippen LogP contribution in [0.15, 0.2) is 0 Å². The lowest BCUT2D eigenvalue weighted by molar-refractivity contribution is -0.184. The van der Waals surface area contributed by atoms with Crippen LogP contribution in [0.1, 0.15) is 38.5 Å². The molecule has 0 heterocycles. The fourth-order valence-corrected chi connectivity index (χ4v) is 2.94. The Morgan fingerprint density at radius 2 is 1.94 bits per heavy atom. The van der Waals surface area contributed by atoms with Crippen LogP contribution in [0.3, 0.4) is 0 Å². The molecule has 0 aliphatic heterocycles. The zero-order chi connectivity index (χ0) is 13.2. The van der Waals surface area contributed by atoms with Crippen LogP contribution in [0, 0.1) is 11.8 Å². The molecule has 0 bridgehead atoms. The number of methoxy groups -OCH3 is 1. The molecule has 0 radical (unpaired) electrons. The van der Waals surface area contributed by atoms with Gasteiger partial charge in [-0.15, -0.1) is 0 Å². The van der Waals surface area contributed by atoms with Crippen molar-refractivity contribution in [1.29, 1.82) is 0 Å². The molecule has 106 valence electrons. The van der Waals surface area contributed by atoms with Crippen molar-refractivity contribution < 1.29 is 17.9 Å². The topological polar surface area (TPSA) is 21.3 Å². The van der Waals surface area contributed by atoms with Crippen LogP contribution in [-0.2, 0) is 4.74 Å². The van der Waals surface area contributed by atoms with Gasteiger partial charge in [-0.3, -0.25) is 0 Å². The number of ether oxygens (including phenoxy) is 1. The van der Waals surface area contributed by atoms with E-state index in [2.05, 4.69) is 5.32 Å². The van der Waals surface area contributed by atoms with Gasteiger partial charge in [0.25, 0.3) is 0 Å². The second kappa shape index (κ2) is 5.78. The lowest BCUT2D eigenvalue weighted by atomic mass is 9.85. The van der Waals surface area contributed by atoms with Crippen LogP contribution >= 0.6 is 0 Å². The summed E-state index contributed by atoms with van der Waals surface area (Å²) < 4.78 is 43.3. The normalized spacial score (nSPS) is 31.3. The fraction of sp³-hybridized carbons (Fsp3) is 1.00. The quantitative estimate of drug-likeness (QED) is 0.824. The molecule has 3 atom stereocenters. The Bertz CT molecular complexity index is 265. The molecule has 0 aromatic carbocycles. The van der Waals surface area contributed by atoms with Gasteiger partial charge in [-0.25, -0.2) is 0 Å². The van der Waals surface area contributed by atoms with Gasteiger partial charge in [0, 0.05) is 19.2 Å². The Kier molecular flexibility index (Phi) is 4.54. The molecule has 5 heteroatoms. The summed E-state index contributed by atoms with van der Waals surface area (Å²) >= 11 is 0. The molecule has 0 saturated heterocycles. The molecule has 18 heavy (non-hydrogen) atoms. The van der Waals surface area contributed by atoms with Crippen LogP contribution in [0.25, 0.3) is 0 Å². The van der Waals surface area contributed by atoms with Gasteiger partial charge in [0.15, 0.2) is 0 Å². The molecule has 3 unspecified atom stereocenters. The summed E-state index contributed by atoms with van der Waals surface area (Å²) in [4.78, 5) is 0. The van der Waals surface area contributed by atoms with Gasteiger partial charge in [0.05, 0.1) is 12.5 Å². The molecule has 2 nitrogen and oxygen atoms in total. The van der Waals surface area contributed by atoms with Gasteiger partial charge in [-0.05, 0) is 38.0 Å². The highest BCUT2D eigenvalue weighted by Crippen LogP contribution is 2.39. The van der Waals surface area contributed by atoms with E-state index in [4.69, 9.17) is 4.74 Å². The summed E-state index contributed by atoms with van der Waals surface area (Å²) in [5, 5.41) is 3.40. The van der Waals surface area contributed by atoms with Crippen molar-refractivity contribution in [3.8, 4) is 0 Å². The number of hydrogen-bond donors (Lipinski definition) is 1. The highest BCUT2D eigenvalue weighted by atomic mass is 19.4. The van der Waals surface area contributed by atoms with Crippen molar-refractivity contribution in [3.63, 3.8) is 0 Å². The molecular formula is C13H22F3NO. The summed E-state index contributed by atoms with van der Waals surface area (Å²) in [6, 6.07) is 0.248. The number of halogens is 3. The van der Waals surface area contributed by atoms with E-state index in [1.54, 1.807) is 7.11 Å². The predicted octanol–water partition coefficient (Wildman–Crippen LogP) is 3.12. The maximum Gasteiger partial charge on any atom is 0.391 e. The lowest BCUT2D eigenvalue weighted by Crippen LogP contribution is -2.46. The second-order valence-corrected chi connectivity index (χ2v) is 5.67. The summed E-state index contributed by atoms with van der Waals surface area (Å²) in [5.41, 5.74) is 0. The zero-order valence-corrected chi connectivity index (χ0v) is 10.8. The molecule has 0 aromatic rings. The molecule has 1 N–H and O–H groups in total. The van der Waals surface area contributed by atoms with Gasteiger partial charge in [-0.1, -0.05) is 6.42 Å². The van der Waals surface area contributed by atoms with Crippen molar-refractivity contribution in [2.45, 2.75) is 56.8 Å². The van der Waals surface area contributed by atoms with Crippen molar-refractivity contribution >= 4 is 0 Å². The Balaban J connectivity index is 1.84. The number of hydrogen-bond acceptors (Lipinski definition) is 2. The Morgan fingerprint density at radius 3 is 2.50 bits per heavy atom. The number of nitrogens with one attached hydrogen (secondary N) is 1. The first-order valence-electron chi connectivity index (χ1n) is 6.82. The van der Waals surface area contributed by atoms with Gasteiger partial charge in [-0.2, -0.15) is 13.2 Å². The maximum atomic E-state index is 12.7. The van der Waals surface area contributed by atoms with E-state index in [1.165, 1.54) is 12.8 Å². The third-order valence-electron chi connectivity index (χ3n) is 4.12. The first kappa shape index (κ1) is 14.1. The number of alkyl halides is 3. The average Bonchev–Trinajstić information content (AvgIpc) is 3.11. The van der Waals surface area contributed by atoms with Crippen LogP contribution < -0.4 is 5.32 Å². The SMILES string of the molecule is COCC(NC1CCCC(C(F)(F)F)C1)C1CC1. The minimum absolute atomic E-state index is 0.00567. The Labute approximate surface area is 106 Å². The molecule has 2 aliphatic rings. The lowest BCUT2D eigenvalue weighted by Gasteiger charge is -2.33. The van der Waals surface area contributed by atoms with Gasteiger partial charge in [0.2, 0.25) is 0 Å². The first-order valence-corrected chi connectivity index (χ1v) is 6.82. The van der Waals surface area contributed by atoms with Crippen molar-refractivity contribution in [2.75, 3.05) is 13.7 Å². The highest BCUT2D eigenvalue weighted by molar-refractivity contribution is 4.90. The maximum absolute atomic E-state index is 12.7. The minimum atomic E-state index is -4.03. The molecule has 2 aliphatic carbocycles. The van der Waals surface area contributed by atoms with Gasteiger partial charge < -0.3 is 10.1 Å². The van der Waals surface area contributed by atoms with Crippen LogP contribution in [0.2, 0.25) is 0 Å². The largest absolute Gasteiger partial charge is 0.391 e. The Morgan fingerprint density at radius 1 is 1.22 bits per heavy atom. The van der Waals surface area contributed by atoms with Crippen LogP contribution in [-0.4, -0.2) is 32.0 Å². The van der Waals surface area contributed by atoms with Crippen LogP contribution in [0.4, 0.5) is 13.2 Å². The monoisotopic (exact) mass is 265 g/mol. The third-order valence-corrected chi connectivity index (χ3v) is 4.12. The van der Waals surface area contributed by atoms with Crippen molar-refractivity contribution in [3.05, 3.63) is 0 Å². The zero-order valence-electron chi connectivity index (χ0n) is 10.8. The second-order valence-electron chi connectivity index (χ2n) is 5.67. The molecule has 0 spiro atoms. The summed E-state index contributed by atoms with van der Waals surface area (Å²) in [6.07, 6.45) is 0.381. The smallest absolute Gasteiger partial charge is 0.383 e. The summed E-state index contributed by atoms with van der Waals surface area (Å²) in [5.74, 6) is -0.512. The first-order chi connectivity index (χ1) is 8.50. The molecule has 2 saturated carbocycles. The highest BCUT2D eigenvalue weighted by Gasteiger charge is 2.43. The molecule has 2 fully saturated rings. The van der Waals surface area contributed by atoms with E-state index in [1.807, 2.05) is 0 Å². The summed E-state index contributed by atoms with van der Waals surface area (Å²) in [6.45, 7) is 0.609. The summed E-state index contributed by atoms with van der Waals surface area (Å²) in [7, 11) is 1.65. The molecule has 0 aromatic heterocycles. The number of rotatable bonds is 5. The molecule has 2 rings (SSSR count). The van der Waals surface area contributed by atoms with E-state index >= 15 is 0 Å². The van der Waals surface area contributed by atoms with Crippen molar-refractivity contribution in [2.24, 2.45) is 11.8 Å². The van der Waals surface area contributed by atoms with E-state index in [0.29, 0.717) is 25.4 Å². The van der Waals surface area contributed by atoms with E-state index in [9.17, 15) is 13.2 Å². The van der Waals surface area contributed by atoms with E-state index < -0.39 is 12.1 Å². The minimum Gasteiger partial charge on any atom is -0.383 e. The average molecular weight is 265 g/mol. The van der Waals surface area contributed by atoms with E-state index in [0.717, 1.165) is 6.42 Å². The third kappa shape index (κ3) is 3.85. The fourth-order valence-electron chi connectivity index (χ4n) is 2.94. The molecular weight excluding hydrogens is 243 g/mol. The van der Waals surface area contributed by atoms with Crippen LogP contribution in [0.5, 0.6) is 0 Å².